The zero-order valence-corrected chi connectivity index (χ0v) is 12.0. The normalized spacial score (nSPS) is 17.2. The number of likely N-dealkylation sites (tertiary alicyclic amines) is 1. The van der Waals surface area contributed by atoms with Gasteiger partial charge in [-0.25, -0.2) is 0 Å². The van der Waals surface area contributed by atoms with Gasteiger partial charge in [-0.2, -0.15) is 0 Å². The maximum absolute atomic E-state index is 12.2. The molecule has 0 radical (unpaired) electrons. The molecule has 0 aromatic heterocycles. The Morgan fingerprint density at radius 3 is 2.63 bits per heavy atom. The molecule has 4 nitrogen and oxygen atoms in total. The Kier molecular flexibility index (Phi) is 4.58. The molecule has 1 unspecified atom stereocenters. The Morgan fingerprint density at radius 1 is 1.32 bits per heavy atom. The number of hydrogen-bond donors (Lipinski definition) is 1. The lowest BCUT2D eigenvalue weighted by molar-refractivity contribution is -0.129. The first-order valence-electron chi connectivity index (χ1n) is 6.60. The summed E-state index contributed by atoms with van der Waals surface area (Å²) in [5, 5.41) is 0. The molecule has 2 N–H and O–H groups in total. The monoisotopic (exact) mass is 280 g/mol. The number of anilines is 1. The van der Waals surface area contributed by atoms with E-state index in [-0.39, 0.29) is 11.7 Å². The maximum atomic E-state index is 12.2. The molecule has 1 aliphatic heterocycles. The average Bonchev–Trinajstić information content (AvgIpc) is 2.42. The second kappa shape index (κ2) is 6.19. The van der Waals surface area contributed by atoms with Crippen LogP contribution in [-0.4, -0.2) is 33.9 Å². The van der Waals surface area contributed by atoms with Gasteiger partial charge in [0.05, 0.1) is 10.8 Å². The smallest absolute Gasteiger partial charge is 0.235 e. The lowest BCUT2D eigenvalue weighted by Gasteiger charge is -2.26. The summed E-state index contributed by atoms with van der Waals surface area (Å²) in [4.78, 5) is 14.5. The molecule has 1 aromatic rings. The van der Waals surface area contributed by atoms with Gasteiger partial charge in [-0.3, -0.25) is 9.00 Å². The van der Waals surface area contributed by atoms with Crippen LogP contribution in [0.4, 0.5) is 5.69 Å². The Bertz CT molecular complexity index is 496. The van der Waals surface area contributed by atoms with Gasteiger partial charge in [0.2, 0.25) is 5.91 Å². The van der Waals surface area contributed by atoms with E-state index in [4.69, 9.17) is 5.73 Å². The third kappa shape index (κ3) is 3.56. The SMILES string of the molecule is Cc1cc(S(=O)CC(=O)N2CCCCC2)ccc1N. The van der Waals surface area contributed by atoms with Gasteiger partial charge >= 0.3 is 0 Å². The summed E-state index contributed by atoms with van der Waals surface area (Å²) in [6, 6.07) is 5.28. The minimum Gasteiger partial charge on any atom is -0.399 e. The molecule has 2 rings (SSSR count). The van der Waals surface area contributed by atoms with Gasteiger partial charge < -0.3 is 10.6 Å². The van der Waals surface area contributed by atoms with Crippen LogP contribution in [0.15, 0.2) is 23.1 Å². The van der Waals surface area contributed by atoms with Gasteiger partial charge in [0.25, 0.3) is 0 Å². The number of nitrogen functional groups attached to an aromatic ring is 1. The first-order chi connectivity index (χ1) is 9.08. The summed E-state index contributed by atoms with van der Waals surface area (Å²) in [6.45, 7) is 3.48. The number of nitrogens with two attached hydrogens (primary N) is 1. The molecule has 1 amide bonds. The number of rotatable bonds is 3. The third-order valence-corrected chi connectivity index (χ3v) is 4.76. The standard InChI is InChI=1S/C14H20N2O2S/c1-11-9-12(5-6-13(11)15)19(18)10-14(17)16-7-3-2-4-8-16/h5-6,9H,2-4,7-8,10,15H2,1H3. The third-order valence-electron chi connectivity index (χ3n) is 3.47. The minimum absolute atomic E-state index is 0.00693. The predicted octanol–water partition coefficient (Wildman–Crippen LogP) is 1.70. The van der Waals surface area contributed by atoms with Gasteiger partial charge in [-0.15, -0.1) is 0 Å². The Morgan fingerprint density at radius 2 is 2.00 bits per heavy atom. The number of hydrogen-bond acceptors (Lipinski definition) is 3. The number of carbonyl (C=O) groups is 1. The van der Waals surface area contributed by atoms with Crippen LogP contribution in [0, 0.1) is 6.92 Å². The number of nitrogens with zero attached hydrogens (tertiary/aromatic N) is 1. The summed E-state index contributed by atoms with van der Waals surface area (Å²) in [6.07, 6.45) is 3.29. The molecule has 1 heterocycles. The molecule has 1 aliphatic rings. The van der Waals surface area contributed by atoms with Crippen molar-refractivity contribution >= 4 is 22.4 Å². The summed E-state index contributed by atoms with van der Waals surface area (Å²) >= 11 is 0. The molecule has 1 atom stereocenters. The minimum atomic E-state index is -1.28. The number of amides is 1. The van der Waals surface area contributed by atoms with Crippen molar-refractivity contribution < 1.29 is 9.00 Å². The number of benzene rings is 1. The van der Waals surface area contributed by atoms with E-state index in [1.165, 1.54) is 6.42 Å². The van der Waals surface area contributed by atoms with Crippen LogP contribution in [0.1, 0.15) is 24.8 Å². The molecule has 0 bridgehead atoms. The average molecular weight is 280 g/mol. The van der Waals surface area contributed by atoms with Crippen LogP contribution in [-0.2, 0) is 15.6 Å². The second-order valence-corrected chi connectivity index (χ2v) is 6.40. The molecule has 104 valence electrons. The summed E-state index contributed by atoms with van der Waals surface area (Å²) < 4.78 is 12.2. The molecule has 0 saturated carbocycles. The van der Waals surface area contributed by atoms with Crippen molar-refractivity contribution in [1.82, 2.24) is 4.90 Å². The quantitative estimate of drug-likeness (QED) is 0.857. The highest BCUT2D eigenvalue weighted by atomic mass is 32.2. The van der Waals surface area contributed by atoms with Gasteiger partial charge in [-0.05, 0) is 49.9 Å². The fourth-order valence-corrected chi connectivity index (χ4v) is 3.32. The van der Waals surface area contributed by atoms with Crippen LogP contribution < -0.4 is 5.73 Å². The molecule has 1 fully saturated rings. The Balaban J connectivity index is 1.99. The molecule has 1 aromatic carbocycles. The molecular weight excluding hydrogens is 260 g/mol. The van der Waals surface area contributed by atoms with Crippen molar-refractivity contribution in [3.8, 4) is 0 Å². The topological polar surface area (TPSA) is 63.4 Å². The van der Waals surface area contributed by atoms with Crippen molar-refractivity contribution in [3.63, 3.8) is 0 Å². The predicted molar refractivity (Wildman–Crippen MR) is 77.3 cm³/mol. The largest absolute Gasteiger partial charge is 0.399 e. The number of aryl methyl sites for hydroxylation is 1. The Hall–Kier alpha value is -1.36. The first-order valence-corrected chi connectivity index (χ1v) is 7.92. The van der Waals surface area contributed by atoms with E-state index in [1.54, 1.807) is 18.2 Å². The zero-order chi connectivity index (χ0) is 13.8. The summed E-state index contributed by atoms with van der Waals surface area (Å²) in [5.41, 5.74) is 7.32. The zero-order valence-electron chi connectivity index (χ0n) is 11.2. The van der Waals surface area contributed by atoms with E-state index in [0.717, 1.165) is 31.5 Å². The van der Waals surface area contributed by atoms with E-state index in [9.17, 15) is 9.00 Å². The molecule has 5 heteroatoms. The van der Waals surface area contributed by atoms with Crippen LogP contribution >= 0.6 is 0 Å². The van der Waals surface area contributed by atoms with E-state index in [2.05, 4.69) is 0 Å². The van der Waals surface area contributed by atoms with Crippen LogP contribution in [0.3, 0.4) is 0 Å². The highest BCUT2D eigenvalue weighted by Crippen LogP contribution is 2.16. The molecular formula is C14H20N2O2S. The highest BCUT2D eigenvalue weighted by molar-refractivity contribution is 7.85. The van der Waals surface area contributed by atoms with E-state index < -0.39 is 10.8 Å². The van der Waals surface area contributed by atoms with Crippen molar-refractivity contribution in [2.24, 2.45) is 0 Å². The maximum Gasteiger partial charge on any atom is 0.235 e. The van der Waals surface area contributed by atoms with E-state index >= 15 is 0 Å². The molecule has 0 aliphatic carbocycles. The lowest BCUT2D eigenvalue weighted by Crippen LogP contribution is -2.38. The highest BCUT2D eigenvalue weighted by Gasteiger charge is 2.19. The van der Waals surface area contributed by atoms with Crippen LogP contribution in [0.25, 0.3) is 0 Å². The van der Waals surface area contributed by atoms with E-state index in [0.29, 0.717) is 10.6 Å². The molecule has 1 saturated heterocycles. The van der Waals surface area contributed by atoms with Gasteiger partial charge in [0.1, 0.15) is 5.75 Å². The van der Waals surface area contributed by atoms with Gasteiger partial charge in [-0.1, -0.05) is 0 Å². The fourth-order valence-electron chi connectivity index (χ4n) is 2.22. The number of carbonyl (C=O) groups excluding carboxylic acids is 1. The Labute approximate surface area is 116 Å². The summed E-state index contributed by atoms with van der Waals surface area (Å²) in [7, 11) is -1.28. The van der Waals surface area contributed by atoms with Crippen molar-refractivity contribution in [3.05, 3.63) is 23.8 Å². The number of piperidine rings is 1. The van der Waals surface area contributed by atoms with Gasteiger partial charge in [0.15, 0.2) is 0 Å². The van der Waals surface area contributed by atoms with Crippen molar-refractivity contribution in [2.45, 2.75) is 31.1 Å². The summed E-state index contributed by atoms with van der Waals surface area (Å²) in [5.74, 6) is 0.0658. The lowest BCUT2D eigenvalue weighted by atomic mass is 10.1. The molecule has 19 heavy (non-hydrogen) atoms. The first kappa shape index (κ1) is 14.1. The van der Waals surface area contributed by atoms with Crippen LogP contribution in [0.2, 0.25) is 0 Å². The molecule has 0 spiro atoms. The van der Waals surface area contributed by atoms with E-state index in [1.807, 2.05) is 11.8 Å². The van der Waals surface area contributed by atoms with Crippen molar-refractivity contribution in [1.29, 1.82) is 0 Å². The fraction of sp³-hybridized carbons (Fsp3) is 0.500. The van der Waals surface area contributed by atoms with Crippen molar-refractivity contribution in [2.75, 3.05) is 24.6 Å². The second-order valence-electron chi connectivity index (χ2n) is 4.95. The van der Waals surface area contributed by atoms with Crippen LogP contribution in [0.5, 0.6) is 0 Å². The van der Waals surface area contributed by atoms with Gasteiger partial charge in [0, 0.05) is 23.7 Å².